The molecule has 0 aliphatic rings. The Labute approximate surface area is 119 Å². The molecule has 5 nitrogen and oxygen atoms in total. The standard InChI is InChI=1S/C13H12FN5S/c1-2-15-12-16-7-8(14)11(19-12)20-13-17-9-5-3-4-6-10(9)18-13/h3-7H,2H2,1H3,(H,17,18)(H,15,16,19). The number of benzene rings is 1. The zero-order valence-corrected chi connectivity index (χ0v) is 11.5. The van der Waals surface area contributed by atoms with Crippen molar-refractivity contribution in [3.63, 3.8) is 0 Å². The molecule has 0 bridgehead atoms. The van der Waals surface area contributed by atoms with Crippen LogP contribution >= 0.6 is 11.8 Å². The molecule has 2 aromatic heterocycles. The molecule has 0 spiro atoms. The highest BCUT2D eigenvalue weighted by molar-refractivity contribution is 7.99. The minimum atomic E-state index is -0.461. The topological polar surface area (TPSA) is 66.5 Å². The molecule has 0 amide bonds. The number of para-hydroxylation sites is 2. The van der Waals surface area contributed by atoms with Gasteiger partial charge in [-0.15, -0.1) is 0 Å². The number of aromatic amines is 1. The number of hydrogen-bond acceptors (Lipinski definition) is 5. The lowest BCUT2D eigenvalue weighted by Gasteiger charge is -2.03. The summed E-state index contributed by atoms with van der Waals surface area (Å²) in [6, 6.07) is 7.65. The first kappa shape index (κ1) is 12.9. The lowest BCUT2D eigenvalue weighted by atomic mass is 10.3. The molecule has 0 saturated heterocycles. The Kier molecular flexibility index (Phi) is 3.51. The van der Waals surface area contributed by atoms with Gasteiger partial charge in [0, 0.05) is 6.54 Å². The maximum absolute atomic E-state index is 13.7. The molecule has 0 fully saturated rings. The summed E-state index contributed by atoms with van der Waals surface area (Å²) in [7, 11) is 0. The summed E-state index contributed by atoms with van der Waals surface area (Å²) in [5, 5.41) is 3.80. The third kappa shape index (κ3) is 2.57. The number of fused-ring (bicyclic) bond motifs is 1. The number of H-pyrrole nitrogens is 1. The van der Waals surface area contributed by atoms with Crippen molar-refractivity contribution in [1.29, 1.82) is 0 Å². The molecule has 1 aromatic carbocycles. The third-order valence-electron chi connectivity index (χ3n) is 2.61. The van der Waals surface area contributed by atoms with Crippen molar-refractivity contribution in [2.75, 3.05) is 11.9 Å². The van der Waals surface area contributed by atoms with Gasteiger partial charge in [0.2, 0.25) is 5.95 Å². The summed E-state index contributed by atoms with van der Waals surface area (Å²) >= 11 is 1.15. The molecule has 7 heteroatoms. The minimum absolute atomic E-state index is 0.245. The van der Waals surface area contributed by atoms with Crippen molar-refractivity contribution in [3.05, 3.63) is 36.3 Å². The summed E-state index contributed by atoms with van der Waals surface area (Å²) in [5.74, 6) is -0.0513. The Morgan fingerprint density at radius 3 is 2.95 bits per heavy atom. The van der Waals surface area contributed by atoms with E-state index in [1.807, 2.05) is 31.2 Å². The van der Waals surface area contributed by atoms with E-state index in [1.54, 1.807) is 0 Å². The largest absolute Gasteiger partial charge is 0.354 e. The van der Waals surface area contributed by atoms with E-state index in [0.717, 1.165) is 29.0 Å². The number of aromatic nitrogens is 4. The monoisotopic (exact) mass is 289 g/mol. The highest BCUT2D eigenvalue weighted by Gasteiger charge is 2.11. The first-order valence-corrected chi connectivity index (χ1v) is 6.97. The van der Waals surface area contributed by atoms with Crippen molar-refractivity contribution in [1.82, 2.24) is 19.9 Å². The van der Waals surface area contributed by atoms with E-state index in [0.29, 0.717) is 17.6 Å². The van der Waals surface area contributed by atoms with Crippen LogP contribution in [0.15, 0.2) is 40.6 Å². The molecular weight excluding hydrogens is 277 g/mol. The Hall–Kier alpha value is -2.15. The minimum Gasteiger partial charge on any atom is -0.354 e. The van der Waals surface area contributed by atoms with Crippen LogP contribution < -0.4 is 5.32 Å². The number of hydrogen-bond donors (Lipinski definition) is 2. The summed E-state index contributed by atoms with van der Waals surface area (Å²) < 4.78 is 13.7. The maximum atomic E-state index is 13.7. The Balaban J connectivity index is 1.91. The van der Waals surface area contributed by atoms with Gasteiger partial charge in [0.25, 0.3) is 0 Å². The predicted octanol–water partition coefficient (Wildman–Crippen LogP) is 3.08. The average molecular weight is 289 g/mol. The number of rotatable bonds is 4. The lowest BCUT2D eigenvalue weighted by Crippen LogP contribution is -2.03. The average Bonchev–Trinajstić information content (AvgIpc) is 2.85. The lowest BCUT2D eigenvalue weighted by molar-refractivity contribution is 0.579. The second-order valence-electron chi connectivity index (χ2n) is 4.04. The second-order valence-corrected chi connectivity index (χ2v) is 5.02. The van der Waals surface area contributed by atoms with Gasteiger partial charge in [-0.1, -0.05) is 12.1 Å². The summed E-state index contributed by atoms with van der Waals surface area (Å²) in [6.07, 6.45) is 1.16. The molecule has 20 heavy (non-hydrogen) atoms. The van der Waals surface area contributed by atoms with E-state index in [-0.39, 0.29) is 5.03 Å². The first-order chi connectivity index (χ1) is 9.76. The van der Waals surface area contributed by atoms with E-state index in [1.165, 1.54) is 0 Å². The SMILES string of the molecule is CCNc1ncc(F)c(Sc2nc3ccccc3[nH]2)n1. The fourth-order valence-electron chi connectivity index (χ4n) is 1.74. The highest BCUT2D eigenvalue weighted by Crippen LogP contribution is 2.27. The fraction of sp³-hybridized carbons (Fsp3) is 0.154. The molecule has 102 valence electrons. The van der Waals surface area contributed by atoms with E-state index in [4.69, 9.17) is 0 Å². The van der Waals surface area contributed by atoms with Crippen molar-refractivity contribution in [2.24, 2.45) is 0 Å². The van der Waals surface area contributed by atoms with Crippen molar-refractivity contribution >= 4 is 28.7 Å². The normalized spacial score (nSPS) is 10.9. The highest BCUT2D eigenvalue weighted by atomic mass is 32.2. The van der Waals surface area contributed by atoms with Crippen LogP contribution in [0.2, 0.25) is 0 Å². The third-order valence-corrected chi connectivity index (χ3v) is 3.47. The van der Waals surface area contributed by atoms with Crippen LogP contribution in [-0.4, -0.2) is 26.5 Å². The zero-order valence-electron chi connectivity index (χ0n) is 10.7. The number of halogens is 1. The number of nitrogens with zero attached hydrogens (tertiary/aromatic N) is 3. The van der Waals surface area contributed by atoms with Gasteiger partial charge in [-0.05, 0) is 30.8 Å². The molecule has 2 heterocycles. The number of anilines is 1. The molecule has 0 aliphatic heterocycles. The first-order valence-electron chi connectivity index (χ1n) is 6.15. The van der Waals surface area contributed by atoms with E-state index >= 15 is 0 Å². The summed E-state index contributed by atoms with van der Waals surface area (Å²) in [4.78, 5) is 15.5. The van der Waals surface area contributed by atoms with Crippen LogP contribution in [0.4, 0.5) is 10.3 Å². The molecule has 0 atom stereocenters. The number of nitrogens with one attached hydrogen (secondary N) is 2. The van der Waals surface area contributed by atoms with Crippen molar-refractivity contribution < 1.29 is 4.39 Å². The molecule has 0 unspecified atom stereocenters. The van der Waals surface area contributed by atoms with Crippen LogP contribution in [0.1, 0.15) is 6.92 Å². The van der Waals surface area contributed by atoms with E-state index in [2.05, 4.69) is 25.3 Å². The summed E-state index contributed by atoms with van der Waals surface area (Å²) in [6.45, 7) is 2.61. The molecule has 0 saturated carbocycles. The van der Waals surface area contributed by atoms with Crippen LogP contribution in [0, 0.1) is 5.82 Å². The molecule has 0 aliphatic carbocycles. The van der Waals surface area contributed by atoms with Crippen LogP contribution in [0.25, 0.3) is 11.0 Å². The van der Waals surface area contributed by atoms with Crippen LogP contribution in [-0.2, 0) is 0 Å². The molecule has 3 rings (SSSR count). The smallest absolute Gasteiger partial charge is 0.223 e. The van der Waals surface area contributed by atoms with Crippen molar-refractivity contribution in [3.8, 4) is 0 Å². The Morgan fingerprint density at radius 2 is 2.15 bits per heavy atom. The van der Waals surface area contributed by atoms with E-state index < -0.39 is 5.82 Å². The van der Waals surface area contributed by atoms with Gasteiger partial charge in [-0.25, -0.2) is 19.3 Å². The van der Waals surface area contributed by atoms with E-state index in [9.17, 15) is 4.39 Å². The maximum Gasteiger partial charge on any atom is 0.223 e. The molecular formula is C13H12FN5S. The van der Waals surface area contributed by atoms with Gasteiger partial charge in [-0.2, -0.15) is 0 Å². The van der Waals surface area contributed by atoms with Crippen LogP contribution in [0.5, 0.6) is 0 Å². The Bertz CT molecular complexity index is 709. The van der Waals surface area contributed by atoms with Gasteiger partial charge in [0.05, 0.1) is 17.2 Å². The molecule has 3 aromatic rings. The zero-order chi connectivity index (χ0) is 13.9. The number of imidazole rings is 1. The van der Waals surface area contributed by atoms with Crippen LogP contribution in [0.3, 0.4) is 0 Å². The van der Waals surface area contributed by atoms with Gasteiger partial charge in [0.15, 0.2) is 11.0 Å². The molecule has 2 N–H and O–H groups in total. The second kappa shape index (κ2) is 5.46. The van der Waals surface area contributed by atoms with Gasteiger partial charge in [0.1, 0.15) is 5.03 Å². The molecule has 0 radical (unpaired) electrons. The van der Waals surface area contributed by atoms with Gasteiger partial charge in [-0.3, -0.25) is 0 Å². The summed E-state index contributed by atoms with van der Waals surface area (Å²) in [5.41, 5.74) is 1.76. The Morgan fingerprint density at radius 1 is 1.30 bits per heavy atom. The van der Waals surface area contributed by atoms with Gasteiger partial charge < -0.3 is 10.3 Å². The quantitative estimate of drug-likeness (QED) is 0.723. The van der Waals surface area contributed by atoms with Gasteiger partial charge >= 0.3 is 0 Å². The predicted molar refractivity (Wildman–Crippen MR) is 76.4 cm³/mol. The fourth-order valence-corrected chi connectivity index (χ4v) is 2.51. The van der Waals surface area contributed by atoms with Crippen molar-refractivity contribution in [2.45, 2.75) is 17.1 Å².